The molecule has 2 fully saturated rings. The monoisotopic (exact) mass is 1030 g/mol. The van der Waals surface area contributed by atoms with Crippen molar-refractivity contribution >= 4 is 57.7 Å². The van der Waals surface area contributed by atoms with Gasteiger partial charge in [0, 0.05) is 82.5 Å². The Kier molecular flexibility index (Phi) is 13.7. The second-order valence-corrected chi connectivity index (χ2v) is 21.9. The minimum absolute atomic E-state index is 0.0497. The summed E-state index contributed by atoms with van der Waals surface area (Å²) in [7, 11) is 0. The van der Waals surface area contributed by atoms with Crippen LogP contribution in [0.2, 0.25) is 5.02 Å². The van der Waals surface area contributed by atoms with Gasteiger partial charge >= 0.3 is 0 Å². The predicted octanol–water partition coefficient (Wildman–Crippen LogP) is 8.64. The highest BCUT2D eigenvalue weighted by Gasteiger charge is 2.43. The number of thiazole rings is 1. The van der Waals surface area contributed by atoms with Crippen molar-refractivity contribution in [3.63, 3.8) is 0 Å². The van der Waals surface area contributed by atoms with E-state index in [1.807, 2.05) is 105 Å². The number of aliphatic imine (C=N–C) groups is 1. The first-order chi connectivity index (χ1) is 34.6. The maximum absolute atomic E-state index is 14.4. The number of nitrogens with one attached hydrogen (secondary N) is 2. The molecule has 72 heavy (non-hydrogen) atoms. The number of aryl methyl sites for hydroxylation is 3. The lowest BCUT2D eigenvalue weighted by Gasteiger charge is -2.35. The molecule has 5 atom stereocenters. The number of nitrogens with zero attached hydrogens (tertiary/aromatic N) is 9. The van der Waals surface area contributed by atoms with E-state index in [0.29, 0.717) is 29.6 Å². The molecule has 2 aromatic carbocycles. The van der Waals surface area contributed by atoms with Gasteiger partial charge in [-0.1, -0.05) is 61.8 Å². The molecule has 0 bridgehead atoms. The van der Waals surface area contributed by atoms with Gasteiger partial charge in [-0.3, -0.25) is 28.6 Å². The van der Waals surface area contributed by atoms with Gasteiger partial charge in [0.15, 0.2) is 5.82 Å². The number of likely N-dealkylation sites (tertiary alicyclic amines) is 1. The number of benzene rings is 2. The van der Waals surface area contributed by atoms with Crippen molar-refractivity contribution in [1.82, 2.24) is 50.0 Å². The fraction of sp³-hybridized carbons (Fsp3) is 0.377. The number of carbonyl (C=O) groups excluding carboxylic acids is 3. The number of thiophene rings is 1. The summed E-state index contributed by atoms with van der Waals surface area (Å²) >= 11 is 9.53. The van der Waals surface area contributed by atoms with Crippen molar-refractivity contribution < 1.29 is 24.2 Å². The molecule has 3 aliphatic rings. The van der Waals surface area contributed by atoms with Crippen LogP contribution in [-0.4, -0.2) is 98.8 Å². The number of amides is 3. The highest BCUT2D eigenvalue weighted by atomic mass is 35.5. The fourth-order valence-electron chi connectivity index (χ4n) is 9.88. The number of β-amino-alcohol motifs (C(OH)–C–C–N with tert-alkyl or cyclic N) is 1. The SMILES string of the molecule is Cc1ncsc1-c1ccc([C@H](C)NC(=O)[C@@H]2C[C@@H](O)CN2C(=O)C(C(C)C)n2cc(-c3ccc(OC4CC(NC(=O)C[C@@H]5N=C(c6ccc(Cl)cc6)c6c(sc(C)c6C)-n6c(C)nnc65)C4)nc3)cn2)cc1. The molecule has 19 heteroatoms. The number of aliphatic hydroxyl groups excluding tert-OH is 1. The van der Waals surface area contributed by atoms with Gasteiger partial charge in [-0.05, 0) is 75.4 Å². The normalized spacial score (nSPS) is 20.2. The van der Waals surface area contributed by atoms with Crippen LogP contribution < -0.4 is 15.4 Å². The predicted molar refractivity (Wildman–Crippen MR) is 278 cm³/mol. The van der Waals surface area contributed by atoms with E-state index in [4.69, 9.17) is 21.3 Å². The van der Waals surface area contributed by atoms with Crippen molar-refractivity contribution in [3.8, 4) is 32.4 Å². The standard InChI is InChI=1S/C53H56ClN11O5S2/c1-27(2)48(52(69)63-25-40(66)20-43(63)51(68)58-29(4)33-8-10-35(11-9-33)49-30(5)56-26-71-49)64-24-37(23-57-64)36-14-17-45(55-22-36)70-41-18-39(19-41)59-44(67)21-42-50-62-61-32(7)65(50)53-46(28(3)31(6)72-53)47(60-42)34-12-15-38(54)16-13-34/h8-17,22-24,26-27,29,39-43,48,66H,18-21,25H2,1-7H3,(H,58,68)(H,59,67)/t29-,39?,40+,41?,42-,43-,48?/m0/s1. The summed E-state index contributed by atoms with van der Waals surface area (Å²) in [6.45, 7) is 13.9. The van der Waals surface area contributed by atoms with Gasteiger partial charge in [-0.2, -0.15) is 5.10 Å². The zero-order valence-electron chi connectivity index (χ0n) is 41.0. The molecule has 5 aromatic heterocycles. The Hall–Kier alpha value is -6.60. The largest absolute Gasteiger partial charge is 0.474 e. The third-order valence-electron chi connectivity index (χ3n) is 14.0. The van der Waals surface area contributed by atoms with Crippen LogP contribution in [0.3, 0.4) is 0 Å². The molecule has 372 valence electrons. The minimum Gasteiger partial charge on any atom is -0.474 e. The summed E-state index contributed by atoms with van der Waals surface area (Å²) in [5.74, 6) is 0.911. The Morgan fingerprint density at radius 1 is 0.889 bits per heavy atom. The summed E-state index contributed by atoms with van der Waals surface area (Å²) in [4.78, 5) is 59.8. The Labute approximate surface area is 430 Å². The molecule has 10 rings (SSSR count). The van der Waals surface area contributed by atoms with Crippen LogP contribution >= 0.6 is 34.3 Å². The van der Waals surface area contributed by atoms with Crippen LogP contribution in [0.4, 0.5) is 0 Å². The number of aliphatic hydroxyl groups is 1. The van der Waals surface area contributed by atoms with E-state index in [0.717, 1.165) is 66.1 Å². The number of halogens is 1. The van der Waals surface area contributed by atoms with Gasteiger partial charge < -0.3 is 25.4 Å². The first-order valence-electron chi connectivity index (χ1n) is 24.2. The van der Waals surface area contributed by atoms with Gasteiger partial charge in [-0.25, -0.2) is 9.97 Å². The lowest BCUT2D eigenvalue weighted by Crippen LogP contribution is -2.49. The molecule has 2 aliphatic heterocycles. The van der Waals surface area contributed by atoms with E-state index in [-0.39, 0.29) is 61.2 Å². The van der Waals surface area contributed by atoms with Crippen LogP contribution in [-0.2, 0) is 14.4 Å². The molecule has 1 aliphatic carbocycles. The molecule has 7 heterocycles. The summed E-state index contributed by atoms with van der Waals surface area (Å²) in [5, 5.41) is 32.2. The third kappa shape index (κ3) is 9.72. The smallest absolute Gasteiger partial charge is 0.248 e. The number of hydrogen-bond acceptors (Lipinski definition) is 13. The molecule has 16 nitrogen and oxygen atoms in total. The number of carbonyl (C=O) groups is 3. The Bertz CT molecular complexity index is 3170. The molecule has 1 saturated heterocycles. The van der Waals surface area contributed by atoms with Gasteiger partial charge in [-0.15, -0.1) is 32.9 Å². The molecule has 3 amide bonds. The number of aromatic nitrogens is 7. The van der Waals surface area contributed by atoms with Gasteiger partial charge in [0.25, 0.3) is 0 Å². The molecular formula is C53H56ClN11O5S2. The number of hydrogen-bond donors (Lipinski definition) is 3. The molecule has 1 saturated carbocycles. The number of ether oxygens (including phenoxy) is 1. The number of rotatable bonds is 14. The van der Waals surface area contributed by atoms with Crippen LogP contribution in [0.1, 0.15) is 109 Å². The molecule has 0 radical (unpaired) electrons. The Morgan fingerprint density at radius 2 is 1.62 bits per heavy atom. The molecule has 7 aromatic rings. The summed E-state index contributed by atoms with van der Waals surface area (Å²) in [6, 6.07) is 16.8. The number of pyridine rings is 1. The lowest BCUT2D eigenvalue weighted by atomic mass is 9.89. The van der Waals surface area contributed by atoms with E-state index in [1.165, 1.54) is 9.78 Å². The highest BCUT2D eigenvalue weighted by molar-refractivity contribution is 7.15. The van der Waals surface area contributed by atoms with Gasteiger partial charge in [0.2, 0.25) is 23.6 Å². The maximum Gasteiger partial charge on any atom is 0.248 e. The van der Waals surface area contributed by atoms with E-state index in [2.05, 4.69) is 49.7 Å². The zero-order chi connectivity index (χ0) is 50.5. The van der Waals surface area contributed by atoms with Crippen molar-refractivity contribution in [2.24, 2.45) is 10.9 Å². The average Bonchev–Trinajstić information content (AvgIpc) is 4.19. The van der Waals surface area contributed by atoms with E-state index in [1.54, 1.807) is 45.8 Å². The molecule has 1 unspecified atom stereocenters. The average molecular weight is 1030 g/mol. The highest BCUT2D eigenvalue weighted by Crippen LogP contribution is 2.40. The summed E-state index contributed by atoms with van der Waals surface area (Å²) in [5.41, 5.74) is 10.2. The van der Waals surface area contributed by atoms with Crippen LogP contribution in [0.15, 0.2) is 89.8 Å². The van der Waals surface area contributed by atoms with Crippen molar-refractivity contribution in [1.29, 1.82) is 0 Å². The second kappa shape index (κ2) is 20.1. The lowest BCUT2D eigenvalue weighted by molar-refractivity contribution is -0.142. The Balaban J connectivity index is 0.743. The molecule has 3 N–H and O–H groups in total. The topological polar surface area (TPSA) is 195 Å². The quantitative estimate of drug-likeness (QED) is 0.0949. The van der Waals surface area contributed by atoms with Crippen molar-refractivity contribution in [2.75, 3.05) is 6.54 Å². The first-order valence-corrected chi connectivity index (χ1v) is 26.3. The Morgan fingerprint density at radius 3 is 2.32 bits per heavy atom. The minimum atomic E-state index is -0.835. The first kappa shape index (κ1) is 49.0. The number of fused-ring (bicyclic) bond motifs is 3. The fourth-order valence-corrected chi connectivity index (χ4v) is 12.0. The maximum atomic E-state index is 14.4. The molecular weight excluding hydrogens is 970 g/mol. The van der Waals surface area contributed by atoms with Crippen molar-refractivity contribution in [2.45, 2.75) is 117 Å². The van der Waals surface area contributed by atoms with Crippen LogP contribution in [0.25, 0.3) is 26.6 Å². The van der Waals surface area contributed by atoms with Gasteiger partial charge in [0.05, 0.1) is 46.6 Å². The van der Waals surface area contributed by atoms with E-state index < -0.39 is 24.2 Å². The van der Waals surface area contributed by atoms with E-state index in [9.17, 15) is 19.5 Å². The van der Waals surface area contributed by atoms with Crippen LogP contribution in [0.5, 0.6) is 5.88 Å². The second-order valence-electron chi connectivity index (χ2n) is 19.4. The van der Waals surface area contributed by atoms with E-state index >= 15 is 0 Å². The van der Waals surface area contributed by atoms with Gasteiger partial charge in [0.1, 0.15) is 35.1 Å². The summed E-state index contributed by atoms with van der Waals surface area (Å²) in [6.07, 6.45) is 5.74. The molecule has 0 spiro atoms. The summed E-state index contributed by atoms with van der Waals surface area (Å²) < 4.78 is 9.90. The van der Waals surface area contributed by atoms with Crippen LogP contribution in [0, 0.1) is 33.6 Å². The third-order valence-corrected chi connectivity index (χ3v) is 16.4. The zero-order valence-corrected chi connectivity index (χ0v) is 43.4. The van der Waals surface area contributed by atoms with Crippen molar-refractivity contribution in [3.05, 3.63) is 134 Å².